The van der Waals surface area contributed by atoms with Crippen LogP contribution in [-0.4, -0.2) is 32.0 Å². The normalized spacial score (nSPS) is 12.1. The Bertz CT molecular complexity index is 1060. The molecule has 0 radical (unpaired) electrons. The molecule has 0 saturated heterocycles. The zero-order valence-electron chi connectivity index (χ0n) is 15.7. The number of aromatic nitrogens is 5. The summed E-state index contributed by atoms with van der Waals surface area (Å²) in [7, 11) is 3.59. The molecule has 8 heteroatoms. The maximum absolute atomic E-state index is 5.46. The molecule has 2 aromatic carbocycles. The van der Waals surface area contributed by atoms with E-state index in [1.165, 1.54) is 11.8 Å². The number of nitrogens with zero attached hydrogens (tertiary/aromatic N) is 5. The number of hydrogen-bond donors (Lipinski definition) is 0. The lowest BCUT2D eigenvalue weighted by molar-refractivity contribution is 0.380. The standard InChI is InChI=1S/C20H19N5O2S/c1-13(19-21-17(24-27-19)14-7-5-4-6-8-14)28-20-23-22-18(25(20)2)15-9-11-16(26-3)12-10-15/h4-13H,1-3H3. The van der Waals surface area contributed by atoms with Gasteiger partial charge in [-0.1, -0.05) is 47.3 Å². The molecular formula is C20H19N5O2S. The van der Waals surface area contributed by atoms with E-state index in [0.717, 1.165) is 27.9 Å². The molecule has 0 aliphatic carbocycles. The number of ether oxygens (including phenoxy) is 1. The van der Waals surface area contributed by atoms with Crippen LogP contribution in [0.3, 0.4) is 0 Å². The molecule has 0 fully saturated rings. The third-order valence-corrected chi connectivity index (χ3v) is 5.41. The molecule has 0 bridgehead atoms. The molecule has 1 unspecified atom stereocenters. The van der Waals surface area contributed by atoms with Gasteiger partial charge in [0.25, 0.3) is 0 Å². The van der Waals surface area contributed by atoms with Crippen molar-refractivity contribution in [3.63, 3.8) is 0 Å². The lowest BCUT2D eigenvalue weighted by atomic mass is 10.2. The summed E-state index contributed by atoms with van der Waals surface area (Å²) in [5.41, 5.74) is 1.90. The molecule has 142 valence electrons. The fourth-order valence-electron chi connectivity index (χ4n) is 2.72. The zero-order chi connectivity index (χ0) is 19.5. The third-order valence-electron chi connectivity index (χ3n) is 4.29. The van der Waals surface area contributed by atoms with Crippen LogP contribution in [0.5, 0.6) is 5.75 Å². The van der Waals surface area contributed by atoms with Crippen molar-refractivity contribution in [1.82, 2.24) is 24.9 Å². The van der Waals surface area contributed by atoms with E-state index >= 15 is 0 Å². The van der Waals surface area contributed by atoms with Gasteiger partial charge < -0.3 is 13.8 Å². The van der Waals surface area contributed by atoms with Crippen molar-refractivity contribution in [3.05, 3.63) is 60.5 Å². The van der Waals surface area contributed by atoms with Gasteiger partial charge in [-0.3, -0.25) is 0 Å². The molecule has 0 amide bonds. The Morgan fingerprint density at radius 1 is 1.00 bits per heavy atom. The number of methoxy groups -OCH3 is 1. The van der Waals surface area contributed by atoms with E-state index in [1.54, 1.807) is 7.11 Å². The fraction of sp³-hybridized carbons (Fsp3) is 0.200. The van der Waals surface area contributed by atoms with Crippen LogP contribution < -0.4 is 4.74 Å². The highest BCUT2D eigenvalue weighted by Gasteiger charge is 2.20. The van der Waals surface area contributed by atoms with Crippen molar-refractivity contribution < 1.29 is 9.26 Å². The molecule has 0 aliphatic rings. The molecule has 7 nitrogen and oxygen atoms in total. The lowest BCUT2D eigenvalue weighted by Crippen LogP contribution is -1.97. The minimum Gasteiger partial charge on any atom is -0.497 e. The van der Waals surface area contributed by atoms with Crippen molar-refractivity contribution in [3.8, 4) is 28.5 Å². The smallest absolute Gasteiger partial charge is 0.240 e. The fourth-order valence-corrected chi connectivity index (χ4v) is 3.57. The minimum atomic E-state index is -0.0587. The average molecular weight is 393 g/mol. The van der Waals surface area contributed by atoms with Crippen molar-refractivity contribution in [2.75, 3.05) is 7.11 Å². The molecular weight excluding hydrogens is 374 g/mol. The van der Waals surface area contributed by atoms with Crippen LogP contribution in [0.15, 0.2) is 64.3 Å². The molecule has 2 aromatic heterocycles. The molecule has 0 N–H and O–H groups in total. The van der Waals surface area contributed by atoms with E-state index in [1.807, 2.05) is 73.1 Å². The number of hydrogen-bond acceptors (Lipinski definition) is 7. The van der Waals surface area contributed by atoms with Gasteiger partial charge in [0.05, 0.1) is 12.4 Å². The highest BCUT2D eigenvalue weighted by Crippen LogP contribution is 2.35. The highest BCUT2D eigenvalue weighted by molar-refractivity contribution is 7.99. The van der Waals surface area contributed by atoms with Crippen LogP contribution >= 0.6 is 11.8 Å². The summed E-state index contributed by atoms with van der Waals surface area (Å²) >= 11 is 1.52. The van der Waals surface area contributed by atoms with E-state index in [9.17, 15) is 0 Å². The Morgan fingerprint density at radius 3 is 2.46 bits per heavy atom. The van der Waals surface area contributed by atoms with Crippen molar-refractivity contribution in [2.24, 2.45) is 7.05 Å². The average Bonchev–Trinajstić information content (AvgIpc) is 3.37. The Morgan fingerprint density at radius 2 is 1.75 bits per heavy atom. The second kappa shape index (κ2) is 7.85. The van der Waals surface area contributed by atoms with Gasteiger partial charge in [0, 0.05) is 18.2 Å². The summed E-state index contributed by atoms with van der Waals surface area (Å²) in [4.78, 5) is 4.52. The molecule has 0 aliphatic heterocycles. The van der Waals surface area contributed by atoms with E-state index < -0.39 is 0 Å². The van der Waals surface area contributed by atoms with Crippen molar-refractivity contribution in [1.29, 1.82) is 0 Å². The summed E-state index contributed by atoms with van der Waals surface area (Å²) < 4.78 is 12.6. The van der Waals surface area contributed by atoms with Crippen molar-refractivity contribution >= 4 is 11.8 Å². The molecule has 28 heavy (non-hydrogen) atoms. The van der Waals surface area contributed by atoms with Gasteiger partial charge in [-0.15, -0.1) is 10.2 Å². The van der Waals surface area contributed by atoms with Crippen LogP contribution in [0.4, 0.5) is 0 Å². The van der Waals surface area contributed by atoms with Gasteiger partial charge in [-0.2, -0.15) is 4.98 Å². The molecule has 0 spiro atoms. The maximum Gasteiger partial charge on any atom is 0.240 e. The predicted molar refractivity (Wildman–Crippen MR) is 107 cm³/mol. The number of thioether (sulfide) groups is 1. The Labute approximate surface area is 166 Å². The number of rotatable bonds is 6. The second-order valence-corrected chi connectivity index (χ2v) is 7.48. The van der Waals surface area contributed by atoms with E-state index in [4.69, 9.17) is 9.26 Å². The summed E-state index contributed by atoms with van der Waals surface area (Å²) in [6.45, 7) is 2.01. The van der Waals surface area contributed by atoms with Gasteiger partial charge >= 0.3 is 0 Å². The van der Waals surface area contributed by atoms with Crippen LogP contribution in [-0.2, 0) is 7.05 Å². The van der Waals surface area contributed by atoms with E-state index in [-0.39, 0.29) is 5.25 Å². The van der Waals surface area contributed by atoms with Gasteiger partial charge in [-0.05, 0) is 31.2 Å². The van der Waals surface area contributed by atoms with Gasteiger partial charge in [0.2, 0.25) is 11.7 Å². The monoisotopic (exact) mass is 393 g/mol. The summed E-state index contributed by atoms with van der Waals surface area (Å²) in [5, 5.41) is 13.4. The van der Waals surface area contributed by atoms with Crippen LogP contribution in [0.2, 0.25) is 0 Å². The molecule has 1 atom stereocenters. The molecule has 2 heterocycles. The summed E-state index contributed by atoms with van der Waals surface area (Å²) in [6, 6.07) is 17.5. The van der Waals surface area contributed by atoms with Crippen molar-refractivity contribution in [2.45, 2.75) is 17.3 Å². The SMILES string of the molecule is COc1ccc(-c2nnc(SC(C)c3nc(-c4ccccc4)no3)n2C)cc1. The minimum absolute atomic E-state index is 0.0587. The Hall–Kier alpha value is -3.13. The zero-order valence-corrected chi connectivity index (χ0v) is 16.6. The van der Waals surface area contributed by atoms with Gasteiger partial charge in [0.1, 0.15) is 5.75 Å². The lowest BCUT2D eigenvalue weighted by Gasteiger charge is -2.07. The molecule has 4 aromatic rings. The first-order chi connectivity index (χ1) is 13.7. The molecule has 0 saturated carbocycles. The van der Waals surface area contributed by atoms with E-state index in [0.29, 0.717) is 11.7 Å². The van der Waals surface area contributed by atoms with Gasteiger partial charge in [-0.25, -0.2) is 0 Å². The quantitative estimate of drug-likeness (QED) is 0.449. The Balaban J connectivity index is 1.51. The maximum atomic E-state index is 5.46. The number of benzene rings is 2. The second-order valence-electron chi connectivity index (χ2n) is 6.18. The largest absolute Gasteiger partial charge is 0.497 e. The summed E-state index contributed by atoms with van der Waals surface area (Å²) in [5.74, 6) is 2.73. The third kappa shape index (κ3) is 3.63. The first-order valence-corrected chi connectivity index (χ1v) is 9.63. The summed E-state index contributed by atoms with van der Waals surface area (Å²) in [6.07, 6.45) is 0. The van der Waals surface area contributed by atoms with Crippen LogP contribution in [0, 0.1) is 0 Å². The van der Waals surface area contributed by atoms with E-state index in [2.05, 4.69) is 20.3 Å². The highest BCUT2D eigenvalue weighted by atomic mass is 32.2. The van der Waals surface area contributed by atoms with Crippen LogP contribution in [0.1, 0.15) is 18.1 Å². The first kappa shape index (κ1) is 18.2. The Kier molecular flexibility index (Phi) is 5.12. The topological polar surface area (TPSA) is 78.9 Å². The van der Waals surface area contributed by atoms with Gasteiger partial charge in [0.15, 0.2) is 11.0 Å². The molecule has 4 rings (SSSR count). The van der Waals surface area contributed by atoms with Crippen LogP contribution in [0.25, 0.3) is 22.8 Å². The first-order valence-electron chi connectivity index (χ1n) is 8.75. The predicted octanol–water partition coefficient (Wildman–Crippen LogP) is 4.39.